The van der Waals surface area contributed by atoms with Crippen molar-refractivity contribution in [3.05, 3.63) is 101 Å². The molecule has 2 N–H and O–H groups in total. The molecule has 0 aliphatic carbocycles. The maximum absolute atomic E-state index is 14.1. The molecule has 0 fully saturated rings. The van der Waals surface area contributed by atoms with E-state index >= 15 is 0 Å². The van der Waals surface area contributed by atoms with Crippen molar-refractivity contribution >= 4 is 11.6 Å². The molecule has 150 valence electrons. The van der Waals surface area contributed by atoms with Crippen LogP contribution in [0.15, 0.2) is 66.7 Å². The zero-order valence-electron chi connectivity index (χ0n) is 16.5. The Morgan fingerprint density at radius 3 is 2.38 bits per heavy atom. The molecular weight excluding hydrogens is 370 g/mol. The molecule has 0 saturated heterocycles. The normalized spacial score (nSPS) is 11.9. The molecule has 0 aliphatic heterocycles. The van der Waals surface area contributed by atoms with Gasteiger partial charge < -0.3 is 10.6 Å². The Bertz CT molecular complexity index is 1010. The average Bonchev–Trinajstić information content (AvgIpc) is 2.73. The van der Waals surface area contributed by atoms with Crippen LogP contribution in [0.2, 0.25) is 0 Å². The predicted octanol–water partition coefficient (Wildman–Crippen LogP) is 4.86. The van der Waals surface area contributed by atoms with E-state index < -0.39 is 17.7 Å². The van der Waals surface area contributed by atoms with Crippen molar-refractivity contribution in [1.29, 1.82) is 0 Å². The van der Waals surface area contributed by atoms with Crippen LogP contribution in [0, 0.1) is 25.5 Å². The summed E-state index contributed by atoms with van der Waals surface area (Å²) in [5, 5.41) is 0. The highest BCUT2D eigenvalue weighted by Crippen LogP contribution is 2.24. The van der Waals surface area contributed by atoms with Gasteiger partial charge in [-0.2, -0.15) is 0 Å². The second kappa shape index (κ2) is 8.97. The topological polar surface area (TPSA) is 46.3 Å². The van der Waals surface area contributed by atoms with Gasteiger partial charge >= 0.3 is 0 Å². The van der Waals surface area contributed by atoms with Crippen molar-refractivity contribution in [2.45, 2.75) is 26.3 Å². The van der Waals surface area contributed by atoms with Crippen molar-refractivity contribution in [2.75, 3.05) is 11.4 Å². The molecule has 0 radical (unpaired) electrons. The Morgan fingerprint density at radius 2 is 1.69 bits per heavy atom. The number of carbonyl (C=O) groups excluding carboxylic acids is 1. The first-order chi connectivity index (χ1) is 13.9. The summed E-state index contributed by atoms with van der Waals surface area (Å²) >= 11 is 0. The number of hydrogen-bond acceptors (Lipinski definition) is 2. The Balaban J connectivity index is 1.91. The molecule has 3 aromatic rings. The van der Waals surface area contributed by atoms with Gasteiger partial charge in [-0.3, -0.25) is 4.79 Å². The Hall–Kier alpha value is -3.05. The molecule has 3 rings (SSSR count). The van der Waals surface area contributed by atoms with Crippen molar-refractivity contribution < 1.29 is 13.6 Å². The summed E-state index contributed by atoms with van der Waals surface area (Å²) in [5.74, 6) is -2.07. The first-order valence-electron chi connectivity index (χ1n) is 9.50. The molecule has 0 saturated carbocycles. The number of nitrogens with zero attached hydrogens (tertiary/aromatic N) is 1. The summed E-state index contributed by atoms with van der Waals surface area (Å²) in [6, 6.07) is 18.0. The van der Waals surface area contributed by atoms with Gasteiger partial charge in [0.05, 0.1) is 0 Å². The fraction of sp³-hybridized carbons (Fsp3) is 0.208. The minimum Gasteiger partial charge on any atom is -0.316 e. The molecule has 0 aliphatic rings. The maximum Gasteiger partial charge on any atom is 0.248 e. The van der Waals surface area contributed by atoms with Crippen LogP contribution in [-0.2, 0) is 11.2 Å². The standard InChI is InChI=1S/C24H24F2N2O/c1-16-11-12-20(15-17(16)2)28(14-13-18-9-6-10-21(25)22(18)26)24(29)23(27)19-7-4-3-5-8-19/h3-12,15,23H,13-14,27H2,1-2H3. The minimum atomic E-state index is -0.896. The lowest BCUT2D eigenvalue weighted by Crippen LogP contribution is -2.40. The van der Waals surface area contributed by atoms with Crippen LogP contribution in [0.5, 0.6) is 0 Å². The highest BCUT2D eigenvalue weighted by Gasteiger charge is 2.24. The number of benzene rings is 3. The van der Waals surface area contributed by atoms with E-state index in [1.165, 1.54) is 12.1 Å². The molecule has 1 atom stereocenters. The largest absolute Gasteiger partial charge is 0.316 e. The van der Waals surface area contributed by atoms with E-state index in [4.69, 9.17) is 5.73 Å². The van der Waals surface area contributed by atoms with Gasteiger partial charge in [-0.15, -0.1) is 0 Å². The number of amides is 1. The van der Waals surface area contributed by atoms with E-state index in [1.54, 1.807) is 17.0 Å². The summed E-state index contributed by atoms with van der Waals surface area (Å²) in [6.07, 6.45) is 0.170. The van der Waals surface area contributed by atoms with E-state index in [0.29, 0.717) is 11.3 Å². The van der Waals surface area contributed by atoms with Gasteiger partial charge in [-0.05, 0) is 60.7 Å². The van der Waals surface area contributed by atoms with Gasteiger partial charge in [0.1, 0.15) is 6.04 Å². The molecule has 0 aromatic heterocycles. The maximum atomic E-state index is 14.1. The molecule has 0 heterocycles. The van der Waals surface area contributed by atoms with E-state index in [-0.39, 0.29) is 24.4 Å². The minimum absolute atomic E-state index is 0.170. The van der Waals surface area contributed by atoms with Crippen LogP contribution < -0.4 is 10.6 Å². The van der Waals surface area contributed by atoms with Crippen molar-refractivity contribution in [3.8, 4) is 0 Å². The van der Waals surface area contributed by atoms with E-state index in [2.05, 4.69) is 0 Å². The number of carbonyl (C=O) groups is 1. The van der Waals surface area contributed by atoms with Crippen LogP contribution in [0.25, 0.3) is 0 Å². The van der Waals surface area contributed by atoms with Crippen molar-refractivity contribution in [2.24, 2.45) is 5.73 Å². The highest BCUT2D eigenvalue weighted by molar-refractivity contribution is 5.97. The number of nitrogens with two attached hydrogens (primary N) is 1. The van der Waals surface area contributed by atoms with Crippen LogP contribution in [0.4, 0.5) is 14.5 Å². The van der Waals surface area contributed by atoms with Crippen molar-refractivity contribution in [3.63, 3.8) is 0 Å². The molecule has 0 bridgehead atoms. The number of anilines is 1. The lowest BCUT2D eigenvalue weighted by molar-refractivity contribution is -0.120. The zero-order chi connectivity index (χ0) is 21.0. The zero-order valence-corrected chi connectivity index (χ0v) is 16.5. The first kappa shape index (κ1) is 20.7. The lowest BCUT2D eigenvalue weighted by atomic mass is 10.0. The fourth-order valence-electron chi connectivity index (χ4n) is 3.20. The van der Waals surface area contributed by atoms with Crippen LogP contribution >= 0.6 is 0 Å². The number of hydrogen-bond donors (Lipinski definition) is 1. The van der Waals surface area contributed by atoms with Gasteiger partial charge in [-0.1, -0.05) is 48.5 Å². The molecule has 5 heteroatoms. The van der Waals surface area contributed by atoms with Gasteiger partial charge in [0, 0.05) is 12.2 Å². The molecule has 3 aromatic carbocycles. The second-order valence-corrected chi connectivity index (χ2v) is 7.11. The third kappa shape index (κ3) is 4.69. The summed E-state index contributed by atoms with van der Waals surface area (Å²) < 4.78 is 27.6. The lowest BCUT2D eigenvalue weighted by Gasteiger charge is -2.27. The number of rotatable bonds is 6. The highest BCUT2D eigenvalue weighted by atomic mass is 19.2. The van der Waals surface area contributed by atoms with E-state index in [0.717, 1.165) is 17.2 Å². The van der Waals surface area contributed by atoms with Gasteiger partial charge in [-0.25, -0.2) is 8.78 Å². The van der Waals surface area contributed by atoms with Crippen molar-refractivity contribution in [1.82, 2.24) is 0 Å². The van der Waals surface area contributed by atoms with Crippen LogP contribution in [0.1, 0.15) is 28.3 Å². The van der Waals surface area contributed by atoms with Crippen LogP contribution in [-0.4, -0.2) is 12.5 Å². The monoisotopic (exact) mass is 394 g/mol. The second-order valence-electron chi connectivity index (χ2n) is 7.11. The van der Waals surface area contributed by atoms with Crippen LogP contribution in [0.3, 0.4) is 0 Å². The third-order valence-electron chi connectivity index (χ3n) is 5.13. The average molecular weight is 394 g/mol. The first-order valence-corrected chi connectivity index (χ1v) is 9.50. The van der Waals surface area contributed by atoms with Gasteiger partial charge in [0.2, 0.25) is 5.91 Å². The Morgan fingerprint density at radius 1 is 0.966 bits per heavy atom. The van der Waals surface area contributed by atoms with E-state index in [9.17, 15) is 13.6 Å². The molecule has 29 heavy (non-hydrogen) atoms. The fourth-order valence-corrected chi connectivity index (χ4v) is 3.20. The third-order valence-corrected chi connectivity index (χ3v) is 5.13. The molecule has 1 amide bonds. The number of aryl methyl sites for hydroxylation is 2. The molecule has 0 spiro atoms. The SMILES string of the molecule is Cc1ccc(N(CCc2cccc(F)c2F)C(=O)C(N)c2ccccc2)cc1C. The Kier molecular flexibility index (Phi) is 6.39. The molecule has 3 nitrogen and oxygen atoms in total. The molecule has 1 unspecified atom stereocenters. The predicted molar refractivity (Wildman–Crippen MR) is 112 cm³/mol. The summed E-state index contributed by atoms with van der Waals surface area (Å²) in [4.78, 5) is 14.8. The van der Waals surface area contributed by atoms with Gasteiger partial charge in [0.25, 0.3) is 0 Å². The van der Waals surface area contributed by atoms with Gasteiger partial charge in [0.15, 0.2) is 11.6 Å². The smallest absolute Gasteiger partial charge is 0.248 e. The number of halogens is 2. The quantitative estimate of drug-likeness (QED) is 0.649. The Labute approximate surface area is 169 Å². The summed E-state index contributed by atoms with van der Waals surface area (Å²) in [7, 11) is 0. The molecular formula is C24H24F2N2O. The summed E-state index contributed by atoms with van der Waals surface area (Å²) in [6.45, 7) is 4.14. The summed E-state index contributed by atoms with van der Waals surface area (Å²) in [5.41, 5.74) is 9.98. The van der Waals surface area contributed by atoms with E-state index in [1.807, 2.05) is 50.2 Å².